The third-order valence-electron chi connectivity index (χ3n) is 4.93. The summed E-state index contributed by atoms with van der Waals surface area (Å²) >= 11 is 0. The number of rotatable bonds is 7. The lowest BCUT2D eigenvalue weighted by Crippen LogP contribution is -2.48. The Labute approximate surface area is 176 Å². The van der Waals surface area contributed by atoms with Gasteiger partial charge in [0, 0.05) is 62.7 Å². The molecule has 0 bridgehead atoms. The first kappa shape index (κ1) is 21.3. The van der Waals surface area contributed by atoms with Crippen molar-refractivity contribution in [2.45, 2.75) is 6.92 Å². The minimum Gasteiger partial charge on any atom is -0.497 e. The van der Waals surface area contributed by atoms with Crippen LogP contribution in [0.25, 0.3) is 0 Å². The highest BCUT2D eigenvalue weighted by molar-refractivity contribution is 5.92. The van der Waals surface area contributed by atoms with Gasteiger partial charge in [-0.3, -0.25) is 9.59 Å². The molecule has 8 nitrogen and oxygen atoms in total. The number of carbonyl (C=O) groups excluding carboxylic acids is 2. The quantitative estimate of drug-likeness (QED) is 0.751. The maximum Gasteiger partial charge on any atom is 0.262 e. The van der Waals surface area contributed by atoms with Crippen LogP contribution in [0.1, 0.15) is 6.92 Å². The summed E-state index contributed by atoms with van der Waals surface area (Å²) in [4.78, 5) is 27.7. The number of nitrogens with zero attached hydrogens (tertiary/aromatic N) is 2. The smallest absolute Gasteiger partial charge is 0.262 e. The first-order chi connectivity index (χ1) is 14.5. The maximum atomic E-state index is 12.2. The Morgan fingerprint density at radius 2 is 1.50 bits per heavy atom. The molecule has 1 N–H and O–H groups in total. The molecule has 0 saturated carbocycles. The van der Waals surface area contributed by atoms with Crippen LogP contribution in [-0.2, 0) is 9.59 Å². The van der Waals surface area contributed by atoms with Crippen molar-refractivity contribution >= 4 is 23.2 Å². The predicted octanol–water partition coefficient (Wildman–Crippen LogP) is 2.39. The van der Waals surface area contributed by atoms with E-state index >= 15 is 0 Å². The van der Waals surface area contributed by atoms with Crippen molar-refractivity contribution in [3.8, 4) is 17.2 Å². The fourth-order valence-electron chi connectivity index (χ4n) is 3.26. The zero-order valence-corrected chi connectivity index (χ0v) is 17.5. The largest absolute Gasteiger partial charge is 0.497 e. The molecular weight excluding hydrogens is 386 g/mol. The third kappa shape index (κ3) is 5.56. The van der Waals surface area contributed by atoms with Gasteiger partial charge in [0.15, 0.2) is 6.61 Å². The average Bonchev–Trinajstić information content (AvgIpc) is 2.77. The molecule has 1 saturated heterocycles. The Hall–Kier alpha value is -3.42. The zero-order chi connectivity index (χ0) is 21.5. The van der Waals surface area contributed by atoms with E-state index in [4.69, 9.17) is 14.2 Å². The van der Waals surface area contributed by atoms with Gasteiger partial charge in [-0.1, -0.05) is 0 Å². The molecule has 8 heteroatoms. The molecule has 1 aliphatic heterocycles. The van der Waals surface area contributed by atoms with Crippen LogP contribution in [0.2, 0.25) is 0 Å². The van der Waals surface area contributed by atoms with Crippen LogP contribution < -0.4 is 24.4 Å². The SMILES string of the molecule is COc1cc(NC(=O)COc2ccc(N3CCN(C(C)=O)CC3)cc2)cc(OC)c1. The summed E-state index contributed by atoms with van der Waals surface area (Å²) in [7, 11) is 3.10. The van der Waals surface area contributed by atoms with E-state index in [1.54, 1.807) is 39.3 Å². The number of amides is 2. The minimum absolute atomic E-state index is 0.115. The van der Waals surface area contributed by atoms with Crippen molar-refractivity contribution in [1.29, 1.82) is 0 Å². The van der Waals surface area contributed by atoms with Crippen molar-refractivity contribution < 1.29 is 23.8 Å². The van der Waals surface area contributed by atoms with Crippen molar-refractivity contribution in [3.63, 3.8) is 0 Å². The van der Waals surface area contributed by atoms with Crippen LogP contribution in [0.15, 0.2) is 42.5 Å². The van der Waals surface area contributed by atoms with Crippen LogP contribution in [0.3, 0.4) is 0 Å². The summed E-state index contributed by atoms with van der Waals surface area (Å²) in [6, 6.07) is 12.8. The molecule has 2 aromatic carbocycles. The van der Waals surface area contributed by atoms with Gasteiger partial charge in [-0.05, 0) is 24.3 Å². The van der Waals surface area contributed by atoms with Crippen LogP contribution in [0.4, 0.5) is 11.4 Å². The molecule has 1 fully saturated rings. The Balaban J connectivity index is 1.50. The van der Waals surface area contributed by atoms with E-state index in [0.717, 1.165) is 31.9 Å². The molecule has 0 radical (unpaired) electrons. The molecule has 30 heavy (non-hydrogen) atoms. The number of nitrogens with one attached hydrogen (secondary N) is 1. The number of methoxy groups -OCH3 is 2. The van der Waals surface area contributed by atoms with E-state index in [1.165, 1.54) is 0 Å². The number of ether oxygens (including phenoxy) is 3. The lowest BCUT2D eigenvalue weighted by Gasteiger charge is -2.35. The fraction of sp³-hybridized carbons (Fsp3) is 0.364. The van der Waals surface area contributed by atoms with Gasteiger partial charge in [-0.15, -0.1) is 0 Å². The van der Waals surface area contributed by atoms with Crippen LogP contribution in [-0.4, -0.2) is 63.7 Å². The third-order valence-corrected chi connectivity index (χ3v) is 4.93. The molecule has 0 spiro atoms. The Morgan fingerprint density at radius 1 is 0.900 bits per heavy atom. The normalized spacial score (nSPS) is 13.6. The number of carbonyl (C=O) groups is 2. The second-order valence-corrected chi connectivity index (χ2v) is 6.93. The number of hydrogen-bond acceptors (Lipinski definition) is 6. The lowest BCUT2D eigenvalue weighted by atomic mass is 10.2. The Kier molecular flexibility index (Phi) is 7.00. The van der Waals surface area contributed by atoms with Crippen LogP contribution >= 0.6 is 0 Å². The average molecular weight is 413 g/mol. The molecule has 0 aromatic heterocycles. The van der Waals surface area contributed by atoms with E-state index in [2.05, 4.69) is 10.2 Å². The topological polar surface area (TPSA) is 80.3 Å². The molecule has 1 aliphatic rings. The summed E-state index contributed by atoms with van der Waals surface area (Å²) < 4.78 is 16.0. The van der Waals surface area contributed by atoms with E-state index in [0.29, 0.717) is 22.9 Å². The molecule has 1 heterocycles. The van der Waals surface area contributed by atoms with Crippen LogP contribution in [0.5, 0.6) is 17.2 Å². The number of anilines is 2. The van der Waals surface area contributed by atoms with Crippen molar-refractivity contribution in [3.05, 3.63) is 42.5 Å². The molecule has 2 amide bonds. The zero-order valence-electron chi connectivity index (χ0n) is 17.5. The summed E-state index contributed by atoms with van der Waals surface area (Å²) in [6.45, 7) is 4.53. The summed E-state index contributed by atoms with van der Waals surface area (Å²) in [5, 5.41) is 2.77. The Morgan fingerprint density at radius 3 is 2.03 bits per heavy atom. The van der Waals surface area contributed by atoms with Gasteiger partial charge in [-0.25, -0.2) is 0 Å². The molecule has 0 unspecified atom stereocenters. The molecule has 0 atom stereocenters. The first-order valence-electron chi connectivity index (χ1n) is 9.74. The second-order valence-electron chi connectivity index (χ2n) is 6.93. The van der Waals surface area contributed by atoms with Crippen molar-refractivity contribution in [2.75, 3.05) is 57.2 Å². The number of hydrogen-bond donors (Lipinski definition) is 1. The van der Waals surface area contributed by atoms with Gasteiger partial charge < -0.3 is 29.3 Å². The van der Waals surface area contributed by atoms with E-state index < -0.39 is 0 Å². The van der Waals surface area contributed by atoms with Gasteiger partial charge >= 0.3 is 0 Å². The van der Waals surface area contributed by atoms with Gasteiger partial charge in [0.25, 0.3) is 5.91 Å². The van der Waals surface area contributed by atoms with E-state index in [-0.39, 0.29) is 18.4 Å². The molecular formula is C22H27N3O5. The monoisotopic (exact) mass is 413 g/mol. The predicted molar refractivity (Wildman–Crippen MR) is 115 cm³/mol. The van der Waals surface area contributed by atoms with E-state index in [1.807, 2.05) is 29.2 Å². The number of piperazine rings is 1. The highest BCUT2D eigenvalue weighted by atomic mass is 16.5. The second kappa shape index (κ2) is 9.87. The summed E-state index contributed by atoms with van der Waals surface area (Å²) in [5.41, 5.74) is 1.64. The Bertz CT molecular complexity index is 855. The molecule has 160 valence electrons. The van der Waals surface area contributed by atoms with Gasteiger partial charge in [0.1, 0.15) is 17.2 Å². The highest BCUT2D eigenvalue weighted by Gasteiger charge is 2.18. The fourth-order valence-corrected chi connectivity index (χ4v) is 3.26. The van der Waals surface area contributed by atoms with Gasteiger partial charge in [0.05, 0.1) is 14.2 Å². The van der Waals surface area contributed by atoms with Gasteiger partial charge in [-0.2, -0.15) is 0 Å². The molecule has 0 aliphatic carbocycles. The standard InChI is InChI=1S/C22H27N3O5/c1-16(26)24-8-10-25(11-9-24)18-4-6-19(7-5-18)30-15-22(27)23-17-12-20(28-2)14-21(13-17)29-3/h4-7,12-14H,8-11,15H2,1-3H3,(H,23,27). The van der Waals surface area contributed by atoms with E-state index in [9.17, 15) is 9.59 Å². The van der Waals surface area contributed by atoms with Crippen molar-refractivity contribution in [1.82, 2.24) is 4.90 Å². The lowest BCUT2D eigenvalue weighted by molar-refractivity contribution is -0.129. The van der Waals surface area contributed by atoms with Gasteiger partial charge in [0.2, 0.25) is 5.91 Å². The first-order valence-corrected chi connectivity index (χ1v) is 9.74. The molecule has 3 rings (SSSR count). The maximum absolute atomic E-state index is 12.2. The highest BCUT2D eigenvalue weighted by Crippen LogP contribution is 2.26. The minimum atomic E-state index is -0.283. The summed E-state index contributed by atoms with van der Waals surface area (Å²) in [6.07, 6.45) is 0. The van der Waals surface area contributed by atoms with Crippen LogP contribution in [0, 0.1) is 0 Å². The molecule has 2 aromatic rings. The number of benzene rings is 2. The van der Waals surface area contributed by atoms with Crippen molar-refractivity contribution in [2.24, 2.45) is 0 Å². The summed E-state index contributed by atoms with van der Waals surface area (Å²) in [5.74, 6) is 1.62.